The highest BCUT2D eigenvalue weighted by molar-refractivity contribution is 6.00. The van der Waals surface area contributed by atoms with Crippen molar-refractivity contribution < 1.29 is 24.5 Å². The minimum atomic E-state index is -0.750. The Morgan fingerprint density at radius 3 is 2.63 bits per heavy atom. The number of aliphatic hydroxyl groups excluding tert-OH is 1. The van der Waals surface area contributed by atoms with Gasteiger partial charge < -0.3 is 14.9 Å². The summed E-state index contributed by atoms with van der Waals surface area (Å²) in [5.41, 5.74) is 0.682. The van der Waals surface area contributed by atoms with Crippen molar-refractivity contribution in [1.82, 2.24) is 0 Å². The van der Waals surface area contributed by atoms with Gasteiger partial charge in [-0.15, -0.1) is 0 Å². The smallest absolute Gasteiger partial charge is 0.305 e. The molecule has 0 spiro atoms. The van der Waals surface area contributed by atoms with Crippen LogP contribution in [0.25, 0.3) is 0 Å². The summed E-state index contributed by atoms with van der Waals surface area (Å²) in [5, 5.41) is 20.5. The lowest BCUT2D eigenvalue weighted by atomic mass is 9.94. The summed E-state index contributed by atoms with van der Waals surface area (Å²) in [5.74, 6) is -0.163. The van der Waals surface area contributed by atoms with E-state index in [0.29, 0.717) is 24.8 Å². The molecule has 27 heavy (non-hydrogen) atoms. The number of carbonyl (C=O) groups excluding carboxylic acids is 2. The van der Waals surface area contributed by atoms with Crippen LogP contribution in [0.2, 0.25) is 0 Å². The van der Waals surface area contributed by atoms with Crippen LogP contribution in [0.1, 0.15) is 84.5 Å². The fraction of sp³-hybridized carbons (Fsp3) is 0.727. The number of ketones is 1. The molecule has 1 aliphatic carbocycles. The molecule has 0 aromatic carbocycles. The van der Waals surface area contributed by atoms with Crippen LogP contribution >= 0.6 is 0 Å². The Hall–Kier alpha value is -1.46. The normalized spacial score (nSPS) is 19.7. The fourth-order valence-electron chi connectivity index (χ4n) is 3.39. The molecular weight excluding hydrogens is 344 g/mol. The molecule has 0 fully saturated rings. The first-order valence-corrected chi connectivity index (χ1v) is 10.2. The van der Waals surface area contributed by atoms with E-state index < -0.39 is 11.7 Å². The zero-order chi connectivity index (χ0) is 20.3. The molecule has 0 aromatic heterocycles. The highest BCUT2D eigenvalue weighted by atomic mass is 16.5. The molecule has 2 N–H and O–H groups in total. The average molecular weight is 381 g/mol. The first-order valence-electron chi connectivity index (χ1n) is 10.2. The predicted octanol–water partition coefficient (Wildman–Crippen LogP) is 4.02. The van der Waals surface area contributed by atoms with Crippen LogP contribution in [0, 0.1) is 0 Å². The van der Waals surface area contributed by atoms with Crippen LogP contribution in [0.3, 0.4) is 0 Å². The standard InChI is InChI=1S/C22H36O5/c1-4-5-14-22(2,26)15-10-12-18-17(19(23)16-20(18)24)11-8-6-7-9-13-21(25)27-3/h10,12,20,24,26H,4-9,11,13-16H2,1-3H3/b12-10+/t20-,22?/m0/s1. The maximum absolute atomic E-state index is 12.2. The fourth-order valence-corrected chi connectivity index (χ4v) is 3.39. The highest BCUT2D eigenvalue weighted by Gasteiger charge is 2.28. The van der Waals surface area contributed by atoms with E-state index in [2.05, 4.69) is 11.7 Å². The highest BCUT2D eigenvalue weighted by Crippen LogP contribution is 2.29. The van der Waals surface area contributed by atoms with Crippen molar-refractivity contribution >= 4 is 11.8 Å². The molecule has 154 valence electrons. The number of aliphatic hydroxyl groups is 2. The van der Waals surface area contributed by atoms with Gasteiger partial charge in [0.2, 0.25) is 0 Å². The summed E-state index contributed by atoms with van der Waals surface area (Å²) in [6.07, 6.45) is 11.0. The SMILES string of the molecule is CCCCC(C)(O)C/C=C/C1=C(CCCCCCC(=O)OC)C(=O)C[C@@H]1O. The number of allylic oxidation sites excluding steroid dienone is 1. The Bertz CT molecular complexity index is 545. The zero-order valence-electron chi connectivity index (χ0n) is 17.1. The Morgan fingerprint density at radius 1 is 1.26 bits per heavy atom. The lowest BCUT2D eigenvalue weighted by Crippen LogP contribution is -2.22. The Morgan fingerprint density at radius 2 is 1.96 bits per heavy atom. The first-order chi connectivity index (χ1) is 12.8. The molecular formula is C22H36O5. The molecule has 1 unspecified atom stereocenters. The number of Topliss-reactive ketones (excluding diaryl/α,β-unsaturated/α-hetero) is 1. The summed E-state index contributed by atoms with van der Waals surface area (Å²) in [7, 11) is 1.39. The number of hydrogen-bond acceptors (Lipinski definition) is 5. The van der Waals surface area contributed by atoms with Gasteiger partial charge in [-0.25, -0.2) is 0 Å². The minimum absolute atomic E-state index is 0.0226. The number of unbranched alkanes of at least 4 members (excludes halogenated alkanes) is 4. The van der Waals surface area contributed by atoms with Gasteiger partial charge in [0.05, 0.1) is 18.8 Å². The molecule has 0 aliphatic heterocycles. The molecule has 5 nitrogen and oxygen atoms in total. The van der Waals surface area contributed by atoms with Crippen LogP contribution in [0.15, 0.2) is 23.3 Å². The predicted molar refractivity (Wildman–Crippen MR) is 106 cm³/mol. The lowest BCUT2D eigenvalue weighted by Gasteiger charge is -2.21. The van der Waals surface area contributed by atoms with E-state index >= 15 is 0 Å². The van der Waals surface area contributed by atoms with E-state index in [1.807, 2.05) is 19.1 Å². The zero-order valence-corrected chi connectivity index (χ0v) is 17.1. The van der Waals surface area contributed by atoms with E-state index in [0.717, 1.165) is 50.5 Å². The van der Waals surface area contributed by atoms with Crippen molar-refractivity contribution in [2.75, 3.05) is 7.11 Å². The summed E-state index contributed by atoms with van der Waals surface area (Å²) >= 11 is 0. The van der Waals surface area contributed by atoms with Gasteiger partial charge in [-0.1, -0.05) is 44.8 Å². The average Bonchev–Trinajstić information content (AvgIpc) is 2.89. The number of methoxy groups -OCH3 is 1. The third-order valence-electron chi connectivity index (χ3n) is 5.13. The van der Waals surface area contributed by atoms with Crippen LogP contribution in [-0.4, -0.2) is 40.8 Å². The van der Waals surface area contributed by atoms with Gasteiger partial charge in [0, 0.05) is 18.4 Å². The van der Waals surface area contributed by atoms with E-state index in [4.69, 9.17) is 0 Å². The van der Waals surface area contributed by atoms with Gasteiger partial charge in [-0.05, 0) is 44.6 Å². The molecule has 0 saturated carbocycles. The number of esters is 1. The molecule has 2 atom stereocenters. The summed E-state index contributed by atoms with van der Waals surface area (Å²) < 4.78 is 4.62. The molecule has 1 aliphatic rings. The number of rotatable bonds is 13. The summed E-state index contributed by atoms with van der Waals surface area (Å²) in [6, 6.07) is 0. The molecule has 0 bridgehead atoms. The maximum atomic E-state index is 12.2. The van der Waals surface area contributed by atoms with Crippen molar-refractivity contribution in [3.05, 3.63) is 23.3 Å². The molecule has 0 saturated heterocycles. The van der Waals surface area contributed by atoms with Gasteiger partial charge in [-0.2, -0.15) is 0 Å². The first kappa shape index (κ1) is 23.6. The van der Waals surface area contributed by atoms with Crippen molar-refractivity contribution in [2.45, 2.75) is 96.2 Å². The van der Waals surface area contributed by atoms with Crippen molar-refractivity contribution in [2.24, 2.45) is 0 Å². The maximum Gasteiger partial charge on any atom is 0.305 e. The molecule has 0 radical (unpaired) electrons. The van der Waals surface area contributed by atoms with Crippen molar-refractivity contribution in [3.63, 3.8) is 0 Å². The van der Waals surface area contributed by atoms with Crippen LogP contribution < -0.4 is 0 Å². The second kappa shape index (κ2) is 12.1. The third-order valence-corrected chi connectivity index (χ3v) is 5.13. The third kappa shape index (κ3) is 8.85. The largest absolute Gasteiger partial charge is 0.469 e. The lowest BCUT2D eigenvalue weighted by molar-refractivity contribution is -0.140. The van der Waals surface area contributed by atoms with Crippen molar-refractivity contribution in [1.29, 1.82) is 0 Å². The van der Waals surface area contributed by atoms with Crippen molar-refractivity contribution in [3.8, 4) is 0 Å². The number of ether oxygens (including phenoxy) is 1. The monoisotopic (exact) mass is 380 g/mol. The topological polar surface area (TPSA) is 83.8 Å². The molecule has 1 rings (SSSR count). The van der Waals surface area contributed by atoms with Crippen LogP contribution in [-0.2, 0) is 14.3 Å². The van der Waals surface area contributed by atoms with Gasteiger partial charge >= 0.3 is 5.97 Å². The van der Waals surface area contributed by atoms with E-state index in [9.17, 15) is 19.8 Å². The molecule has 0 heterocycles. The summed E-state index contributed by atoms with van der Waals surface area (Å²) in [6.45, 7) is 3.92. The minimum Gasteiger partial charge on any atom is -0.469 e. The second-order valence-corrected chi connectivity index (χ2v) is 7.77. The quantitative estimate of drug-likeness (QED) is 0.372. The van der Waals surface area contributed by atoms with E-state index in [-0.39, 0.29) is 18.2 Å². The van der Waals surface area contributed by atoms with Crippen LogP contribution in [0.4, 0.5) is 0 Å². The van der Waals surface area contributed by atoms with Gasteiger partial charge in [0.1, 0.15) is 0 Å². The Kier molecular flexibility index (Phi) is 10.6. The Balaban J connectivity index is 2.52. The Labute approximate surface area is 163 Å². The van der Waals surface area contributed by atoms with Gasteiger partial charge in [-0.3, -0.25) is 9.59 Å². The van der Waals surface area contributed by atoms with Gasteiger partial charge in [0.15, 0.2) is 5.78 Å². The molecule has 0 amide bonds. The number of carbonyl (C=O) groups is 2. The number of hydrogen-bond donors (Lipinski definition) is 2. The second-order valence-electron chi connectivity index (χ2n) is 7.77. The molecule has 0 aromatic rings. The van der Waals surface area contributed by atoms with Gasteiger partial charge in [0.25, 0.3) is 0 Å². The van der Waals surface area contributed by atoms with E-state index in [1.165, 1.54) is 7.11 Å². The van der Waals surface area contributed by atoms with Crippen LogP contribution in [0.5, 0.6) is 0 Å². The molecule has 5 heteroatoms. The summed E-state index contributed by atoms with van der Waals surface area (Å²) in [4.78, 5) is 23.3. The van der Waals surface area contributed by atoms with E-state index in [1.54, 1.807) is 0 Å².